The van der Waals surface area contributed by atoms with Crippen molar-refractivity contribution >= 4 is 5.91 Å². The predicted octanol–water partition coefficient (Wildman–Crippen LogP) is -0.0718. The van der Waals surface area contributed by atoms with Crippen LogP contribution < -0.4 is 0 Å². The van der Waals surface area contributed by atoms with Crippen LogP contribution in [0.3, 0.4) is 0 Å². The molecule has 0 spiro atoms. The van der Waals surface area contributed by atoms with Gasteiger partial charge in [-0.3, -0.25) is 9.89 Å². The minimum atomic E-state index is -0.205. The van der Waals surface area contributed by atoms with E-state index in [1.807, 2.05) is 6.92 Å². The molecule has 1 aromatic rings. The van der Waals surface area contributed by atoms with E-state index < -0.39 is 0 Å². The first-order chi connectivity index (χ1) is 8.20. The maximum absolute atomic E-state index is 12.1. The van der Waals surface area contributed by atoms with Gasteiger partial charge in [0.25, 0.3) is 5.91 Å². The third-order valence-corrected chi connectivity index (χ3v) is 2.35. The molecule has 0 bridgehead atoms. The molecule has 96 valence electrons. The van der Waals surface area contributed by atoms with E-state index in [4.69, 9.17) is 9.47 Å². The molecule has 1 N–H and O–H groups in total. The lowest BCUT2D eigenvalue weighted by atomic mass is 10.3. The minimum absolute atomic E-state index is 0.0484. The SMILES string of the molecule is COCCN(C(=O)c1ncn[nH]1)C(C)COC. The van der Waals surface area contributed by atoms with E-state index in [1.165, 1.54) is 6.33 Å². The van der Waals surface area contributed by atoms with Gasteiger partial charge in [0.2, 0.25) is 5.82 Å². The third-order valence-electron chi connectivity index (χ3n) is 2.35. The second-order valence-corrected chi connectivity index (χ2v) is 3.63. The van der Waals surface area contributed by atoms with Crippen molar-refractivity contribution in [3.63, 3.8) is 0 Å². The monoisotopic (exact) mass is 242 g/mol. The lowest BCUT2D eigenvalue weighted by Crippen LogP contribution is -2.43. The van der Waals surface area contributed by atoms with Gasteiger partial charge in [-0.05, 0) is 6.92 Å². The Hall–Kier alpha value is -1.47. The molecule has 0 saturated heterocycles. The predicted molar refractivity (Wildman–Crippen MR) is 60.6 cm³/mol. The molecule has 0 aliphatic rings. The smallest absolute Gasteiger partial charge is 0.291 e. The van der Waals surface area contributed by atoms with E-state index in [0.717, 1.165) is 0 Å². The summed E-state index contributed by atoms with van der Waals surface area (Å²) in [6, 6.07) is -0.0484. The Kier molecular flexibility index (Phi) is 5.58. The second kappa shape index (κ2) is 6.97. The zero-order valence-corrected chi connectivity index (χ0v) is 10.3. The number of amides is 1. The number of H-pyrrole nitrogens is 1. The molecule has 1 rings (SSSR count). The van der Waals surface area contributed by atoms with Crippen LogP contribution in [-0.4, -0.2) is 66.0 Å². The second-order valence-electron chi connectivity index (χ2n) is 3.63. The maximum Gasteiger partial charge on any atom is 0.291 e. The first-order valence-electron chi connectivity index (χ1n) is 5.35. The summed E-state index contributed by atoms with van der Waals surface area (Å²) in [5, 5.41) is 6.22. The Morgan fingerprint density at radius 1 is 1.53 bits per heavy atom. The van der Waals surface area contributed by atoms with Crippen LogP contribution in [0.1, 0.15) is 17.5 Å². The number of methoxy groups -OCH3 is 2. The molecule has 1 unspecified atom stereocenters. The van der Waals surface area contributed by atoms with Crippen molar-refractivity contribution in [2.75, 3.05) is 34.0 Å². The number of hydrogen-bond acceptors (Lipinski definition) is 5. The van der Waals surface area contributed by atoms with Gasteiger partial charge in [0.15, 0.2) is 0 Å². The van der Waals surface area contributed by atoms with Gasteiger partial charge in [-0.15, -0.1) is 0 Å². The molecule has 0 saturated carbocycles. The number of nitrogens with one attached hydrogen (secondary N) is 1. The molecule has 1 atom stereocenters. The Morgan fingerprint density at radius 2 is 2.29 bits per heavy atom. The molecule has 0 aliphatic carbocycles. The molecule has 0 fully saturated rings. The fourth-order valence-electron chi connectivity index (χ4n) is 1.49. The summed E-state index contributed by atoms with van der Waals surface area (Å²) in [6.07, 6.45) is 1.31. The van der Waals surface area contributed by atoms with Gasteiger partial charge < -0.3 is 14.4 Å². The summed E-state index contributed by atoms with van der Waals surface area (Å²) >= 11 is 0. The van der Waals surface area contributed by atoms with Crippen LogP contribution in [0.25, 0.3) is 0 Å². The summed E-state index contributed by atoms with van der Waals surface area (Å²) in [5.41, 5.74) is 0. The normalized spacial score (nSPS) is 12.4. The van der Waals surface area contributed by atoms with Crippen molar-refractivity contribution < 1.29 is 14.3 Å². The Balaban J connectivity index is 2.71. The molecule has 0 aromatic carbocycles. The first-order valence-corrected chi connectivity index (χ1v) is 5.35. The summed E-state index contributed by atoms with van der Waals surface area (Å²) < 4.78 is 10.0. The standard InChI is InChI=1S/C10H18N4O3/c1-8(6-17-3)14(4-5-16-2)10(15)9-11-7-12-13-9/h7-8H,4-6H2,1-3H3,(H,11,12,13). The minimum Gasteiger partial charge on any atom is -0.383 e. The van der Waals surface area contributed by atoms with Gasteiger partial charge in [-0.25, -0.2) is 4.98 Å². The Labute approximate surface area is 100 Å². The van der Waals surface area contributed by atoms with E-state index in [-0.39, 0.29) is 17.8 Å². The quantitative estimate of drug-likeness (QED) is 0.723. The largest absolute Gasteiger partial charge is 0.383 e. The van der Waals surface area contributed by atoms with Crippen LogP contribution in [0.15, 0.2) is 6.33 Å². The van der Waals surface area contributed by atoms with Crippen LogP contribution in [0.4, 0.5) is 0 Å². The van der Waals surface area contributed by atoms with Gasteiger partial charge in [0.05, 0.1) is 19.3 Å². The van der Waals surface area contributed by atoms with Crippen molar-refractivity contribution in [2.24, 2.45) is 0 Å². The van der Waals surface area contributed by atoms with Crippen LogP contribution >= 0.6 is 0 Å². The number of aromatic nitrogens is 3. The maximum atomic E-state index is 12.1. The molecule has 17 heavy (non-hydrogen) atoms. The zero-order chi connectivity index (χ0) is 12.7. The molecule has 1 aromatic heterocycles. The summed E-state index contributed by atoms with van der Waals surface area (Å²) in [5.74, 6) is 0.0214. The van der Waals surface area contributed by atoms with Crippen molar-refractivity contribution in [3.05, 3.63) is 12.2 Å². The van der Waals surface area contributed by atoms with Crippen molar-refractivity contribution in [1.29, 1.82) is 0 Å². The van der Waals surface area contributed by atoms with E-state index in [9.17, 15) is 4.79 Å². The molecular weight excluding hydrogens is 224 g/mol. The molecule has 0 radical (unpaired) electrons. The van der Waals surface area contributed by atoms with Crippen molar-refractivity contribution in [3.8, 4) is 0 Å². The Morgan fingerprint density at radius 3 is 2.82 bits per heavy atom. The number of aromatic amines is 1. The van der Waals surface area contributed by atoms with E-state index >= 15 is 0 Å². The summed E-state index contributed by atoms with van der Waals surface area (Å²) in [4.78, 5) is 17.6. The summed E-state index contributed by atoms with van der Waals surface area (Å²) in [7, 11) is 3.20. The highest BCUT2D eigenvalue weighted by atomic mass is 16.5. The number of hydrogen-bond donors (Lipinski definition) is 1. The van der Waals surface area contributed by atoms with Crippen LogP contribution in [0.5, 0.6) is 0 Å². The summed E-state index contributed by atoms with van der Waals surface area (Å²) in [6.45, 7) is 3.32. The van der Waals surface area contributed by atoms with Gasteiger partial charge in [0, 0.05) is 20.8 Å². The molecule has 1 heterocycles. The lowest BCUT2D eigenvalue weighted by molar-refractivity contribution is 0.0469. The highest BCUT2D eigenvalue weighted by Crippen LogP contribution is 2.04. The third kappa shape index (κ3) is 3.79. The van der Waals surface area contributed by atoms with Gasteiger partial charge in [-0.1, -0.05) is 0 Å². The zero-order valence-electron chi connectivity index (χ0n) is 10.3. The van der Waals surface area contributed by atoms with Gasteiger partial charge in [-0.2, -0.15) is 5.10 Å². The fourth-order valence-corrected chi connectivity index (χ4v) is 1.49. The van der Waals surface area contributed by atoms with Crippen LogP contribution in [-0.2, 0) is 9.47 Å². The number of carbonyl (C=O) groups is 1. The first kappa shape index (κ1) is 13.6. The number of nitrogens with zero attached hydrogens (tertiary/aromatic N) is 3. The number of rotatable bonds is 7. The number of ether oxygens (including phenoxy) is 2. The highest BCUT2D eigenvalue weighted by molar-refractivity contribution is 5.90. The Bertz CT molecular complexity index is 328. The van der Waals surface area contributed by atoms with E-state index in [1.54, 1.807) is 19.1 Å². The average molecular weight is 242 g/mol. The van der Waals surface area contributed by atoms with Crippen LogP contribution in [0, 0.1) is 0 Å². The van der Waals surface area contributed by atoms with Crippen LogP contribution in [0.2, 0.25) is 0 Å². The lowest BCUT2D eigenvalue weighted by Gasteiger charge is -2.27. The molecule has 7 nitrogen and oxygen atoms in total. The fraction of sp³-hybridized carbons (Fsp3) is 0.700. The molecule has 1 amide bonds. The molecule has 0 aliphatic heterocycles. The van der Waals surface area contributed by atoms with E-state index in [0.29, 0.717) is 19.8 Å². The highest BCUT2D eigenvalue weighted by Gasteiger charge is 2.23. The average Bonchev–Trinajstić information content (AvgIpc) is 2.83. The molecular formula is C10H18N4O3. The van der Waals surface area contributed by atoms with Crippen molar-refractivity contribution in [2.45, 2.75) is 13.0 Å². The van der Waals surface area contributed by atoms with E-state index in [2.05, 4.69) is 15.2 Å². The molecule has 7 heteroatoms. The van der Waals surface area contributed by atoms with Gasteiger partial charge >= 0.3 is 0 Å². The van der Waals surface area contributed by atoms with Crippen molar-refractivity contribution in [1.82, 2.24) is 20.1 Å². The van der Waals surface area contributed by atoms with Gasteiger partial charge in [0.1, 0.15) is 6.33 Å². The topological polar surface area (TPSA) is 80.3 Å². The number of carbonyl (C=O) groups excluding carboxylic acids is 1.